The van der Waals surface area contributed by atoms with Crippen LogP contribution in [-0.2, 0) is 35.4 Å². The van der Waals surface area contributed by atoms with Crippen molar-refractivity contribution in [3.63, 3.8) is 0 Å². The monoisotopic (exact) mass is 652 g/mol. The van der Waals surface area contributed by atoms with Gasteiger partial charge in [-0.3, -0.25) is 14.4 Å². The Morgan fingerprint density at radius 3 is 2.27 bits per heavy atom. The van der Waals surface area contributed by atoms with Gasteiger partial charge in [-0.15, -0.1) is 5.01 Å². The van der Waals surface area contributed by atoms with Gasteiger partial charge >= 0.3 is 12.1 Å². The number of carbonyl (C=O) groups excluding carboxylic acids is 2. The number of carbonyl (C=O) groups is 2. The number of ether oxygens (including phenoxy) is 1. The fraction of sp³-hybridized carbons (Fsp3) is 0.393. The molecule has 13 nitrogen and oxygen atoms in total. The summed E-state index contributed by atoms with van der Waals surface area (Å²) in [6.45, 7) is 8.11. The molecule has 2 heterocycles. The molecule has 1 amide bonds. The van der Waals surface area contributed by atoms with Gasteiger partial charge in [0.05, 0.1) is 33.2 Å². The largest absolute Gasteiger partial charge is 0.569 e. The van der Waals surface area contributed by atoms with E-state index in [1.165, 1.54) is 19.1 Å². The van der Waals surface area contributed by atoms with Crippen LogP contribution in [0.25, 0.3) is 16.9 Å². The average Bonchev–Trinajstić information content (AvgIpc) is 3.37. The summed E-state index contributed by atoms with van der Waals surface area (Å²) in [5.41, 5.74) is -0.306. The zero-order valence-electron chi connectivity index (χ0n) is 24.9. The van der Waals surface area contributed by atoms with Crippen LogP contribution < -0.4 is 4.72 Å². The highest BCUT2D eigenvalue weighted by Gasteiger charge is 2.43. The smallest absolute Gasteiger partial charge is 0.435 e. The first-order valence-corrected chi connectivity index (χ1v) is 15.1. The van der Waals surface area contributed by atoms with Crippen LogP contribution in [0, 0.1) is 17.5 Å². The third kappa shape index (κ3) is 7.71. The van der Waals surface area contributed by atoms with Gasteiger partial charge in [0, 0.05) is 18.9 Å². The Hall–Kier alpha value is -4.67. The molecule has 242 valence electrons. The minimum Gasteiger partial charge on any atom is -0.569 e. The number of nitrogens with zero attached hydrogens (tertiary/aromatic N) is 5. The number of benzene rings is 2. The van der Waals surface area contributed by atoms with E-state index in [2.05, 4.69) is 10.4 Å². The van der Waals surface area contributed by atoms with Crippen LogP contribution in [0.3, 0.4) is 0 Å². The average molecular weight is 653 g/mol. The molecule has 0 bridgehead atoms. The van der Waals surface area contributed by atoms with Gasteiger partial charge in [-0.25, -0.2) is 17.8 Å². The van der Waals surface area contributed by atoms with Crippen LogP contribution in [0.15, 0.2) is 64.8 Å². The quantitative estimate of drug-likeness (QED) is 0.116. The highest BCUT2D eigenvalue weighted by Crippen LogP contribution is 2.33. The molecule has 1 N–H and O–H groups in total. The van der Waals surface area contributed by atoms with Crippen molar-refractivity contribution in [1.29, 1.82) is 0 Å². The molecule has 0 spiro atoms. The molecule has 4 rings (SSSR count). The van der Waals surface area contributed by atoms with E-state index >= 15 is 0 Å². The topological polar surface area (TPSA) is 158 Å². The fourth-order valence-electron chi connectivity index (χ4n) is 4.02. The Kier molecular flexibility index (Phi) is 9.14. The highest BCUT2D eigenvalue weighted by molar-refractivity contribution is 7.90. The summed E-state index contributed by atoms with van der Waals surface area (Å²) >= 11 is 0. The number of halogens is 3. The Bertz CT molecular complexity index is 1700. The van der Waals surface area contributed by atoms with Crippen molar-refractivity contribution in [1.82, 2.24) is 19.5 Å². The van der Waals surface area contributed by atoms with Crippen molar-refractivity contribution in [2.45, 2.75) is 64.4 Å². The summed E-state index contributed by atoms with van der Waals surface area (Å²) in [5.74, 6) is -1.61. The third-order valence-electron chi connectivity index (χ3n) is 6.64. The lowest BCUT2D eigenvalue weighted by atomic mass is 9.97. The van der Waals surface area contributed by atoms with Crippen molar-refractivity contribution in [2.75, 3.05) is 6.54 Å². The molecule has 1 unspecified atom stereocenters. The molecule has 1 aliphatic heterocycles. The Balaban J connectivity index is 1.46. The second kappa shape index (κ2) is 12.4. The van der Waals surface area contributed by atoms with Gasteiger partial charge in [0.2, 0.25) is 5.28 Å². The molecule has 0 saturated carbocycles. The van der Waals surface area contributed by atoms with Crippen LogP contribution in [-0.4, -0.2) is 58.9 Å². The van der Waals surface area contributed by atoms with E-state index in [1.807, 2.05) is 11.6 Å². The minimum absolute atomic E-state index is 0.0402. The Labute approximate surface area is 256 Å². The van der Waals surface area contributed by atoms with E-state index in [4.69, 9.17) is 9.57 Å². The van der Waals surface area contributed by atoms with Crippen LogP contribution >= 0.6 is 0 Å². The molecule has 1 fully saturated rings. The number of esters is 1. The normalized spacial score (nSPS) is 16.5. The maximum Gasteiger partial charge on any atom is 0.435 e. The predicted octanol–water partition coefficient (Wildman–Crippen LogP) is 4.49. The highest BCUT2D eigenvalue weighted by atomic mass is 32.2. The van der Waals surface area contributed by atoms with Crippen LogP contribution in [0.5, 0.6) is 0 Å². The van der Waals surface area contributed by atoms with E-state index in [9.17, 15) is 36.4 Å². The number of aryl methyl sites for hydroxylation is 1. The second-order valence-corrected chi connectivity index (χ2v) is 13.0. The predicted molar refractivity (Wildman–Crippen MR) is 151 cm³/mol. The first-order valence-electron chi connectivity index (χ1n) is 13.6. The zero-order valence-corrected chi connectivity index (χ0v) is 25.7. The molecule has 1 aromatic heterocycles. The molecule has 0 aliphatic carbocycles. The zero-order chi connectivity index (χ0) is 33.3. The molecule has 17 heteroatoms. The lowest BCUT2D eigenvalue weighted by Gasteiger charge is -2.34. The number of hydrogen-bond donors (Lipinski definition) is 1. The Morgan fingerprint density at radius 1 is 1.11 bits per heavy atom. The van der Waals surface area contributed by atoms with Crippen LogP contribution in [0.2, 0.25) is 0 Å². The van der Waals surface area contributed by atoms with Gasteiger partial charge in [0.25, 0.3) is 22.2 Å². The molecule has 1 aliphatic rings. The Morgan fingerprint density at radius 2 is 1.73 bits per heavy atom. The van der Waals surface area contributed by atoms with Crippen molar-refractivity contribution in [3.8, 4) is 16.9 Å². The molecular weight excluding hydrogens is 621 g/mol. The van der Waals surface area contributed by atoms with Crippen molar-refractivity contribution in [3.05, 3.63) is 71.1 Å². The van der Waals surface area contributed by atoms with E-state index in [-0.39, 0.29) is 34.2 Å². The van der Waals surface area contributed by atoms with E-state index in [0.29, 0.717) is 5.56 Å². The van der Waals surface area contributed by atoms with Crippen LogP contribution in [0.4, 0.5) is 13.2 Å². The fourth-order valence-corrected chi connectivity index (χ4v) is 5.03. The standard InChI is InChI=1S/C28H31F3N6O7S/c1-17-6-8-19(9-7-17)23-16-24(28(29,30)31)32-36(23)20-10-12-21(13-11-20)45(41,42)33-25(38)22-14-15-35(22)37(40)34-44-18(2)43-26(39)27(3,4)5/h6-13,16,18,22H,14-15H2,1-5H3,(H,33,38)/b37-34+/t18?,22-/m0/s1. The number of aromatic nitrogens is 2. The lowest BCUT2D eigenvalue weighted by molar-refractivity contribution is -0.730. The molecule has 3 aromatic rings. The number of hydrogen-bond acceptors (Lipinski definition) is 9. The molecule has 2 aromatic carbocycles. The molecular formula is C28H31F3N6O7S. The van der Waals surface area contributed by atoms with Gasteiger partial charge in [-0.1, -0.05) is 29.8 Å². The number of alkyl halides is 3. The van der Waals surface area contributed by atoms with Gasteiger partial charge in [0.15, 0.2) is 11.7 Å². The molecule has 2 atom stereocenters. The number of amides is 1. The van der Waals surface area contributed by atoms with E-state index in [1.54, 1.807) is 45.0 Å². The van der Waals surface area contributed by atoms with Gasteiger partial charge in [-0.05, 0) is 58.0 Å². The summed E-state index contributed by atoms with van der Waals surface area (Å²) in [4.78, 5) is 29.2. The SMILES string of the molecule is Cc1ccc(-c2cc(C(F)(F)F)nn2-c2ccc(S(=O)(=O)NC(=O)[C@@H]3CCN3/[N+]([O-])=N\OC(C)OC(=O)C(C)(C)C)cc2)cc1. The lowest BCUT2D eigenvalue weighted by Crippen LogP contribution is -2.59. The summed E-state index contributed by atoms with van der Waals surface area (Å²) in [6, 6.07) is 11.2. The molecule has 1 saturated heterocycles. The summed E-state index contributed by atoms with van der Waals surface area (Å²) < 4.78 is 74.4. The van der Waals surface area contributed by atoms with Crippen molar-refractivity contribution >= 4 is 21.9 Å². The number of hydrazine groups is 1. The first kappa shape index (κ1) is 33.2. The van der Waals surface area contributed by atoms with Crippen molar-refractivity contribution in [2.24, 2.45) is 10.7 Å². The van der Waals surface area contributed by atoms with E-state index < -0.39 is 51.5 Å². The number of rotatable bonds is 9. The number of sulfonamides is 1. The molecule has 45 heavy (non-hydrogen) atoms. The van der Waals surface area contributed by atoms with Crippen LogP contribution in [0.1, 0.15) is 45.4 Å². The maximum absolute atomic E-state index is 13.5. The first-order chi connectivity index (χ1) is 20.9. The maximum atomic E-state index is 13.5. The molecule has 0 radical (unpaired) electrons. The summed E-state index contributed by atoms with van der Waals surface area (Å²) in [6.07, 6.45) is -5.80. The van der Waals surface area contributed by atoms with Crippen molar-refractivity contribution < 1.29 is 45.7 Å². The summed E-state index contributed by atoms with van der Waals surface area (Å²) in [5, 5.41) is 20.2. The van der Waals surface area contributed by atoms with E-state index in [0.717, 1.165) is 33.5 Å². The van der Waals surface area contributed by atoms with Gasteiger partial charge in [-0.2, -0.15) is 18.3 Å². The third-order valence-corrected chi connectivity index (χ3v) is 8.00. The van der Waals surface area contributed by atoms with Gasteiger partial charge in [0.1, 0.15) is 0 Å². The van der Waals surface area contributed by atoms with Gasteiger partial charge < -0.3 is 9.94 Å². The minimum atomic E-state index is -4.72. The second-order valence-electron chi connectivity index (χ2n) is 11.3. The number of nitrogens with one attached hydrogen (secondary N) is 1. The summed E-state index contributed by atoms with van der Waals surface area (Å²) in [7, 11) is -4.44.